The molecule has 1 aliphatic rings. The van der Waals surface area contributed by atoms with E-state index in [-0.39, 0.29) is 0 Å². The summed E-state index contributed by atoms with van der Waals surface area (Å²) in [6, 6.07) is 5.93. The van der Waals surface area contributed by atoms with E-state index in [0.29, 0.717) is 6.41 Å². The number of hydrogen-bond acceptors (Lipinski definition) is 1. The minimum absolute atomic E-state index is 0.704. The molecule has 0 unspecified atom stereocenters. The van der Waals surface area contributed by atoms with Gasteiger partial charge in [-0.1, -0.05) is 12.1 Å². The lowest BCUT2D eigenvalue weighted by Gasteiger charge is -2.04. The number of carbonyl (C=O) groups excluding carboxylic acids is 1. The third-order valence-electron chi connectivity index (χ3n) is 2.06. The van der Waals surface area contributed by atoms with Gasteiger partial charge < -0.3 is 5.32 Å². The first-order valence-corrected chi connectivity index (χ1v) is 3.98. The zero-order chi connectivity index (χ0) is 8.39. The predicted molar refractivity (Wildman–Crippen MR) is 46.8 cm³/mol. The van der Waals surface area contributed by atoms with Crippen LogP contribution in [0.3, 0.4) is 0 Å². The number of aryl methyl sites for hydroxylation is 1. The number of rotatable bonds is 2. The van der Waals surface area contributed by atoms with Crippen molar-refractivity contribution >= 4 is 12.1 Å². The lowest BCUT2D eigenvalue weighted by atomic mass is 10.1. The molecule has 0 saturated carbocycles. The van der Waals surface area contributed by atoms with Crippen LogP contribution in [0, 0.1) is 6.42 Å². The zero-order valence-corrected chi connectivity index (χ0v) is 6.63. The Balaban J connectivity index is 2.42. The number of benzene rings is 1. The number of fused-ring (bicyclic) bond motifs is 1. The van der Waals surface area contributed by atoms with Crippen LogP contribution in [-0.2, 0) is 11.2 Å². The first-order valence-electron chi connectivity index (χ1n) is 3.98. The van der Waals surface area contributed by atoms with Crippen LogP contribution in [0.2, 0.25) is 0 Å². The molecule has 1 amide bonds. The molecule has 0 bridgehead atoms. The molecule has 0 saturated heterocycles. The zero-order valence-electron chi connectivity index (χ0n) is 6.63. The van der Waals surface area contributed by atoms with Crippen molar-refractivity contribution in [1.82, 2.24) is 0 Å². The summed E-state index contributed by atoms with van der Waals surface area (Å²) in [5.74, 6) is 0. The summed E-state index contributed by atoms with van der Waals surface area (Å²) in [6.45, 7) is 0. The van der Waals surface area contributed by atoms with E-state index < -0.39 is 0 Å². The van der Waals surface area contributed by atoms with Crippen molar-refractivity contribution in [3.63, 3.8) is 0 Å². The molecular formula is C10H9NO. The van der Waals surface area contributed by atoms with Crippen LogP contribution >= 0.6 is 0 Å². The van der Waals surface area contributed by atoms with Gasteiger partial charge in [0.1, 0.15) is 0 Å². The summed E-state index contributed by atoms with van der Waals surface area (Å²) in [7, 11) is 0. The maximum atomic E-state index is 10.2. The third-order valence-corrected chi connectivity index (χ3v) is 2.06. The average molecular weight is 159 g/mol. The van der Waals surface area contributed by atoms with Crippen molar-refractivity contribution in [1.29, 1.82) is 0 Å². The largest absolute Gasteiger partial charge is 0.328 e. The van der Waals surface area contributed by atoms with Gasteiger partial charge >= 0.3 is 0 Å². The molecule has 1 N–H and O–H groups in total. The Bertz CT molecular complexity index is 307. The van der Waals surface area contributed by atoms with E-state index in [4.69, 9.17) is 0 Å². The fourth-order valence-electron chi connectivity index (χ4n) is 1.52. The highest BCUT2D eigenvalue weighted by Crippen LogP contribution is 2.29. The SMILES string of the molecule is O=CNc1cccc2c1[C]CC2. The normalized spacial score (nSPS) is 14.0. The van der Waals surface area contributed by atoms with E-state index in [9.17, 15) is 4.79 Å². The second-order valence-corrected chi connectivity index (χ2v) is 2.78. The van der Waals surface area contributed by atoms with E-state index >= 15 is 0 Å². The minimum atomic E-state index is 0.704. The Kier molecular flexibility index (Phi) is 1.82. The van der Waals surface area contributed by atoms with E-state index in [1.165, 1.54) is 5.56 Å². The van der Waals surface area contributed by atoms with Crippen LogP contribution < -0.4 is 5.32 Å². The first-order chi connectivity index (χ1) is 5.92. The standard InChI is InChI=1S/C10H9NO/c12-7-11-10-6-2-4-8-3-1-5-9(8)10/h2,4,6-7H,1,3H2,(H,11,12). The smallest absolute Gasteiger partial charge is 0.211 e. The highest BCUT2D eigenvalue weighted by atomic mass is 16.1. The maximum absolute atomic E-state index is 10.2. The minimum Gasteiger partial charge on any atom is -0.328 e. The molecular weight excluding hydrogens is 150 g/mol. The van der Waals surface area contributed by atoms with Gasteiger partial charge in [-0.05, 0) is 30.0 Å². The highest BCUT2D eigenvalue weighted by Gasteiger charge is 2.14. The second kappa shape index (κ2) is 2.97. The molecule has 0 spiro atoms. The summed E-state index contributed by atoms with van der Waals surface area (Å²) in [5.41, 5.74) is 3.23. The van der Waals surface area contributed by atoms with Gasteiger partial charge in [-0.2, -0.15) is 0 Å². The number of hydrogen-bond donors (Lipinski definition) is 1. The summed E-state index contributed by atoms with van der Waals surface area (Å²) in [4.78, 5) is 10.2. The predicted octanol–water partition coefficient (Wildman–Crippen LogP) is 1.63. The monoisotopic (exact) mass is 159 g/mol. The quantitative estimate of drug-likeness (QED) is 0.653. The van der Waals surface area contributed by atoms with Crippen molar-refractivity contribution < 1.29 is 4.79 Å². The molecule has 2 heteroatoms. The van der Waals surface area contributed by atoms with Gasteiger partial charge in [0.25, 0.3) is 0 Å². The number of nitrogens with one attached hydrogen (secondary N) is 1. The van der Waals surface area contributed by atoms with Crippen molar-refractivity contribution in [2.24, 2.45) is 0 Å². The topological polar surface area (TPSA) is 29.1 Å². The lowest BCUT2D eigenvalue weighted by molar-refractivity contribution is -0.105. The lowest BCUT2D eigenvalue weighted by Crippen LogP contribution is -1.97. The fourth-order valence-corrected chi connectivity index (χ4v) is 1.52. The molecule has 0 heterocycles. The third kappa shape index (κ3) is 1.09. The molecule has 1 aromatic carbocycles. The highest BCUT2D eigenvalue weighted by molar-refractivity contribution is 5.75. The van der Waals surface area contributed by atoms with Crippen LogP contribution in [-0.4, -0.2) is 6.41 Å². The van der Waals surface area contributed by atoms with E-state index in [2.05, 4.69) is 17.8 Å². The summed E-state index contributed by atoms with van der Waals surface area (Å²) >= 11 is 0. The van der Waals surface area contributed by atoms with Gasteiger partial charge in [0.05, 0.1) is 0 Å². The van der Waals surface area contributed by atoms with Crippen LogP contribution in [0.15, 0.2) is 18.2 Å². The first kappa shape index (κ1) is 7.35. The number of amides is 1. The molecule has 0 aromatic heterocycles. The Morgan fingerprint density at radius 3 is 3.25 bits per heavy atom. The van der Waals surface area contributed by atoms with Crippen molar-refractivity contribution in [3.05, 3.63) is 35.7 Å². The Morgan fingerprint density at radius 1 is 1.50 bits per heavy atom. The van der Waals surface area contributed by atoms with Crippen LogP contribution in [0.25, 0.3) is 0 Å². The summed E-state index contributed by atoms with van der Waals surface area (Å²) in [5, 5.41) is 2.66. The maximum Gasteiger partial charge on any atom is 0.211 e. The molecule has 0 aliphatic heterocycles. The number of carbonyl (C=O) groups is 1. The molecule has 12 heavy (non-hydrogen) atoms. The molecule has 2 rings (SSSR count). The molecule has 2 nitrogen and oxygen atoms in total. The van der Waals surface area contributed by atoms with Gasteiger partial charge in [0.15, 0.2) is 0 Å². The number of anilines is 1. The van der Waals surface area contributed by atoms with E-state index in [0.717, 1.165) is 24.1 Å². The summed E-state index contributed by atoms with van der Waals surface area (Å²) < 4.78 is 0. The molecule has 60 valence electrons. The van der Waals surface area contributed by atoms with Gasteiger partial charge in [0, 0.05) is 12.1 Å². The molecule has 0 fully saturated rings. The molecule has 1 aromatic rings. The fraction of sp³-hybridized carbons (Fsp3) is 0.200. The van der Waals surface area contributed by atoms with E-state index in [1.807, 2.05) is 12.1 Å². The van der Waals surface area contributed by atoms with Gasteiger partial charge in [0.2, 0.25) is 6.41 Å². The van der Waals surface area contributed by atoms with Gasteiger partial charge in [-0.3, -0.25) is 4.79 Å². The van der Waals surface area contributed by atoms with Crippen LogP contribution in [0.5, 0.6) is 0 Å². The summed E-state index contributed by atoms with van der Waals surface area (Å²) in [6.07, 6.45) is 5.95. The Labute approximate surface area is 71.6 Å². The van der Waals surface area contributed by atoms with Crippen LogP contribution in [0.4, 0.5) is 5.69 Å². The van der Waals surface area contributed by atoms with Crippen LogP contribution in [0.1, 0.15) is 17.5 Å². The van der Waals surface area contributed by atoms with Crippen molar-refractivity contribution in [2.75, 3.05) is 5.32 Å². The molecule has 1 aliphatic carbocycles. The Morgan fingerprint density at radius 2 is 2.42 bits per heavy atom. The van der Waals surface area contributed by atoms with Crippen molar-refractivity contribution in [2.45, 2.75) is 12.8 Å². The molecule has 2 radical (unpaired) electrons. The Hall–Kier alpha value is -1.31. The van der Waals surface area contributed by atoms with Gasteiger partial charge in [-0.25, -0.2) is 0 Å². The van der Waals surface area contributed by atoms with Gasteiger partial charge in [-0.15, -0.1) is 0 Å². The van der Waals surface area contributed by atoms with Crippen molar-refractivity contribution in [3.8, 4) is 0 Å². The average Bonchev–Trinajstić information content (AvgIpc) is 2.53. The molecule has 0 atom stereocenters. The van der Waals surface area contributed by atoms with E-state index in [1.54, 1.807) is 0 Å². The second-order valence-electron chi connectivity index (χ2n) is 2.78.